The molecule has 2 aromatic heterocycles. The summed E-state index contributed by atoms with van der Waals surface area (Å²) in [6.07, 6.45) is 3.18. The topological polar surface area (TPSA) is 82.2 Å². The van der Waals surface area contributed by atoms with E-state index in [0.717, 1.165) is 5.69 Å². The second-order valence-corrected chi connectivity index (χ2v) is 5.73. The maximum atomic E-state index is 10.6. The number of hydrogen-bond donors (Lipinski definition) is 1. The van der Waals surface area contributed by atoms with Crippen LogP contribution < -0.4 is 0 Å². The van der Waals surface area contributed by atoms with Gasteiger partial charge in [-0.05, 0) is 43.3 Å². The molecular weight excluding hydrogens is 336 g/mol. The number of benzene rings is 1. The molecular formula is C19H13ClN4O. The van der Waals surface area contributed by atoms with Crippen LogP contribution in [-0.2, 0) is 0 Å². The predicted molar refractivity (Wildman–Crippen MR) is 97.1 cm³/mol. The van der Waals surface area contributed by atoms with E-state index in [4.69, 9.17) is 11.6 Å². The standard InChI is InChI=1S/C19H13ClN4O/c1-12-9-13(5-7-22-12)18-19(25)16(6-8-23-18)17(11-21)24-15-4-2-3-14(20)10-15/h2-10,25H,1H3. The minimum atomic E-state index is -0.101. The quantitative estimate of drug-likeness (QED) is 0.708. The van der Waals surface area contributed by atoms with Crippen LogP contribution in [0.25, 0.3) is 11.3 Å². The van der Waals surface area contributed by atoms with Gasteiger partial charge >= 0.3 is 0 Å². The Balaban J connectivity index is 2.11. The van der Waals surface area contributed by atoms with Crippen LogP contribution in [0.2, 0.25) is 5.02 Å². The molecule has 0 spiro atoms. The van der Waals surface area contributed by atoms with Crippen molar-refractivity contribution in [3.63, 3.8) is 0 Å². The number of aromatic nitrogens is 2. The zero-order chi connectivity index (χ0) is 17.8. The first-order chi connectivity index (χ1) is 12.1. The molecule has 0 saturated heterocycles. The number of aryl methyl sites for hydroxylation is 1. The Hall–Kier alpha value is -3.23. The molecule has 0 bridgehead atoms. The number of rotatable bonds is 3. The maximum absolute atomic E-state index is 10.6. The number of aromatic hydroxyl groups is 1. The second-order valence-electron chi connectivity index (χ2n) is 5.29. The third-order valence-corrected chi connectivity index (χ3v) is 3.74. The zero-order valence-electron chi connectivity index (χ0n) is 13.3. The molecule has 2 heterocycles. The Bertz CT molecular complexity index is 1010. The molecule has 0 unspecified atom stereocenters. The fourth-order valence-corrected chi connectivity index (χ4v) is 2.55. The Kier molecular flexibility index (Phi) is 4.73. The van der Waals surface area contributed by atoms with E-state index in [9.17, 15) is 10.4 Å². The molecule has 0 aliphatic carbocycles. The number of aliphatic imine (C=N–C) groups is 1. The zero-order valence-corrected chi connectivity index (χ0v) is 14.1. The molecule has 0 radical (unpaired) electrons. The van der Waals surface area contributed by atoms with Crippen LogP contribution in [-0.4, -0.2) is 20.8 Å². The van der Waals surface area contributed by atoms with E-state index >= 15 is 0 Å². The highest BCUT2D eigenvalue weighted by molar-refractivity contribution is 6.30. The minimum absolute atomic E-state index is 0.0780. The summed E-state index contributed by atoms with van der Waals surface area (Å²) >= 11 is 5.95. The summed E-state index contributed by atoms with van der Waals surface area (Å²) in [6, 6.07) is 14.0. The van der Waals surface area contributed by atoms with Crippen molar-refractivity contribution >= 4 is 23.0 Å². The van der Waals surface area contributed by atoms with Gasteiger partial charge in [-0.15, -0.1) is 0 Å². The van der Waals surface area contributed by atoms with Crippen molar-refractivity contribution < 1.29 is 5.11 Å². The number of nitrogens with zero attached hydrogens (tertiary/aromatic N) is 4. The molecule has 0 amide bonds. The highest BCUT2D eigenvalue weighted by Gasteiger charge is 2.15. The Morgan fingerprint density at radius 2 is 1.96 bits per heavy atom. The summed E-state index contributed by atoms with van der Waals surface area (Å²) in [5.74, 6) is -0.101. The van der Waals surface area contributed by atoms with Crippen molar-refractivity contribution in [2.75, 3.05) is 0 Å². The van der Waals surface area contributed by atoms with Gasteiger partial charge in [-0.1, -0.05) is 17.7 Å². The lowest BCUT2D eigenvalue weighted by Crippen LogP contribution is -2.00. The molecule has 0 atom stereocenters. The average Bonchev–Trinajstić information content (AvgIpc) is 2.60. The van der Waals surface area contributed by atoms with Crippen molar-refractivity contribution in [2.45, 2.75) is 6.92 Å². The fourth-order valence-electron chi connectivity index (χ4n) is 2.37. The van der Waals surface area contributed by atoms with Crippen LogP contribution in [0, 0.1) is 18.3 Å². The molecule has 0 aliphatic heterocycles. The smallest absolute Gasteiger partial charge is 0.152 e. The van der Waals surface area contributed by atoms with Crippen LogP contribution in [0.15, 0.2) is 59.9 Å². The SMILES string of the molecule is Cc1cc(-c2nccc(C(C#N)=Nc3cccc(Cl)c3)c2O)ccn1. The first-order valence-corrected chi connectivity index (χ1v) is 7.82. The predicted octanol–water partition coefficient (Wildman–Crippen LogP) is 4.46. The van der Waals surface area contributed by atoms with Crippen molar-refractivity contribution in [3.8, 4) is 23.1 Å². The van der Waals surface area contributed by atoms with E-state index < -0.39 is 0 Å². The van der Waals surface area contributed by atoms with E-state index in [1.807, 2.05) is 19.1 Å². The molecule has 122 valence electrons. The molecule has 6 heteroatoms. The first-order valence-electron chi connectivity index (χ1n) is 7.44. The lowest BCUT2D eigenvalue weighted by atomic mass is 10.1. The Labute approximate surface area is 149 Å². The molecule has 1 N–H and O–H groups in total. The van der Waals surface area contributed by atoms with Gasteiger partial charge in [0.15, 0.2) is 11.5 Å². The lowest BCUT2D eigenvalue weighted by Gasteiger charge is -2.08. The van der Waals surface area contributed by atoms with E-state index in [2.05, 4.69) is 15.0 Å². The van der Waals surface area contributed by atoms with E-state index in [1.54, 1.807) is 42.6 Å². The van der Waals surface area contributed by atoms with Gasteiger partial charge in [0.2, 0.25) is 0 Å². The summed E-state index contributed by atoms with van der Waals surface area (Å²) in [5, 5.41) is 20.6. The van der Waals surface area contributed by atoms with Crippen molar-refractivity contribution in [3.05, 3.63) is 71.1 Å². The van der Waals surface area contributed by atoms with Gasteiger partial charge in [0, 0.05) is 28.7 Å². The fraction of sp³-hybridized carbons (Fsp3) is 0.0526. The van der Waals surface area contributed by atoms with Gasteiger partial charge in [-0.3, -0.25) is 9.97 Å². The summed E-state index contributed by atoms with van der Waals surface area (Å²) in [4.78, 5) is 12.7. The molecule has 3 aromatic rings. The van der Waals surface area contributed by atoms with Crippen LogP contribution in [0.3, 0.4) is 0 Å². The largest absolute Gasteiger partial charge is 0.505 e. The minimum Gasteiger partial charge on any atom is -0.505 e. The van der Waals surface area contributed by atoms with E-state index in [0.29, 0.717) is 27.5 Å². The van der Waals surface area contributed by atoms with E-state index in [-0.39, 0.29) is 11.5 Å². The first kappa shape index (κ1) is 16.6. The molecule has 3 rings (SSSR count). The maximum Gasteiger partial charge on any atom is 0.152 e. The highest BCUT2D eigenvalue weighted by atomic mass is 35.5. The van der Waals surface area contributed by atoms with Crippen LogP contribution in [0.4, 0.5) is 5.69 Å². The van der Waals surface area contributed by atoms with Gasteiger partial charge in [-0.2, -0.15) is 5.26 Å². The molecule has 0 saturated carbocycles. The van der Waals surface area contributed by atoms with Crippen LogP contribution in [0.1, 0.15) is 11.3 Å². The number of nitriles is 1. The third-order valence-electron chi connectivity index (χ3n) is 3.50. The van der Waals surface area contributed by atoms with Gasteiger partial charge in [0.05, 0.1) is 11.3 Å². The van der Waals surface area contributed by atoms with Crippen molar-refractivity contribution in [1.29, 1.82) is 5.26 Å². The highest BCUT2D eigenvalue weighted by Crippen LogP contribution is 2.31. The Morgan fingerprint density at radius 1 is 1.16 bits per heavy atom. The van der Waals surface area contributed by atoms with Gasteiger partial charge in [0.25, 0.3) is 0 Å². The molecule has 0 aliphatic rings. The normalized spacial score (nSPS) is 11.2. The van der Waals surface area contributed by atoms with Gasteiger partial charge < -0.3 is 5.11 Å². The number of hydrogen-bond acceptors (Lipinski definition) is 5. The third kappa shape index (κ3) is 3.65. The average molecular weight is 349 g/mol. The molecule has 25 heavy (non-hydrogen) atoms. The molecule has 1 aromatic carbocycles. The van der Waals surface area contributed by atoms with Crippen molar-refractivity contribution in [1.82, 2.24) is 9.97 Å². The summed E-state index contributed by atoms with van der Waals surface area (Å²) in [6.45, 7) is 1.85. The second kappa shape index (κ2) is 7.12. The number of halogens is 1. The number of pyridine rings is 2. The molecule has 0 fully saturated rings. The van der Waals surface area contributed by atoms with E-state index in [1.165, 1.54) is 6.20 Å². The molecule has 5 nitrogen and oxygen atoms in total. The van der Waals surface area contributed by atoms with Crippen LogP contribution >= 0.6 is 11.6 Å². The summed E-state index contributed by atoms with van der Waals surface area (Å²) in [7, 11) is 0. The van der Waals surface area contributed by atoms with Gasteiger partial charge in [-0.25, -0.2) is 4.99 Å². The lowest BCUT2D eigenvalue weighted by molar-refractivity contribution is 0.474. The monoisotopic (exact) mass is 348 g/mol. The summed E-state index contributed by atoms with van der Waals surface area (Å²) < 4.78 is 0. The summed E-state index contributed by atoms with van der Waals surface area (Å²) in [5.41, 5.74) is 2.80. The van der Waals surface area contributed by atoms with Crippen molar-refractivity contribution in [2.24, 2.45) is 4.99 Å². The van der Waals surface area contributed by atoms with Crippen LogP contribution in [0.5, 0.6) is 5.75 Å². The van der Waals surface area contributed by atoms with Gasteiger partial charge in [0.1, 0.15) is 11.8 Å². The Morgan fingerprint density at radius 3 is 2.68 bits per heavy atom.